The third kappa shape index (κ3) is 2.54. The molecule has 1 saturated carbocycles. The molecule has 3 rings (SSSR count). The van der Waals surface area contributed by atoms with Gasteiger partial charge in [0.2, 0.25) is 0 Å². The Bertz CT molecular complexity index is 479. The molecule has 2 heterocycles. The lowest BCUT2D eigenvalue weighted by Gasteiger charge is -2.46. The number of hydrogen-bond donors (Lipinski definition) is 1. The third-order valence-electron chi connectivity index (χ3n) is 5.24. The van der Waals surface area contributed by atoms with Gasteiger partial charge in [-0.3, -0.25) is 4.99 Å². The Balaban J connectivity index is 1.81. The first kappa shape index (κ1) is 14.2. The lowest BCUT2D eigenvalue weighted by Crippen LogP contribution is -2.59. The Labute approximate surface area is 121 Å². The molecule has 0 aromatic heterocycles. The standard InChI is InChI=1S/C14H25N3O2S/c15-13-16-11-14(7-9-20(18,19)10-8-14)17(13)12-5-3-1-2-4-6-12/h12H,1-11H2,(H2,15,16). The van der Waals surface area contributed by atoms with Crippen molar-refractivity contribution in [3.8, 4) is 0 Å². The smallest absolute Gasteiger partial charge is 0.192 e. The number of guanidine groups is 1. The fraction of sp³-hybridized carbons (Fsp3) is 0.929. The molecule has 0 radical (unpaired) electrons. The molecule has 5 nitrogen and oxygen atoms in total. The molecule has 2 aliphatic heterocycles. The van der Waals surface area contributed by atoms with Gasteiger partial charge in [0.05, 0.1) is 23.6 Å². The maximum absolute atomic E-state index is 11.7. The summed E-state index contributed by atoms with van der Waals surface area (Å²) < 4.78 is 23.4. The molecule has 0 aromatic carbocycles. The van der Waals surface area contributed by atoms with Gasteiger partial charge in [-0.2, -0.15) is 0 Å². The van der Waals surface area contributed by atoms with Crippen LogP contribution in [0.3, 0.4) is 0 Å². The van der Waals surface area contributed by atoms with Crippen molar-refractivity contribution in [2.24, 2.45) is 10.7 Å². The van der Waals surface area contributed by atoms with Crippen LogP contribution in [-0.2, 0) is 9.84 Å². The van der Waals surface area contributed by atoms with Gasteiger partial charge in [0, 0.05) is 6.04 Å². The van der Waals surface area contributed by atoms with Crippen LogP contribution >= 0.6 is 0 Å². The maximum Gasteiger partial charge on any atom is 0.192 e. The van der Waals surface area contributed by atoms with Gasteiger partial charge in [0.1, 0.15) is 0 Å². The van der Waals surface area contributed by atoms with Crippen LogP contribution in [0.4, 0.5) is 0 Å². The maximum atomic E-state index is 11.7. The normalized spacial score (nSPS) is 30.2. The van der Waals surface area contributed by atoms with Crippen molar-refractivity contribution in [1.82, 2.24) is 4.90 Å². The van der Waals surface area contributed by atoms with Crippen LogP contribution in [0.25, 0.3) is 0 Å². The zero-order valence-corrected chi connectivity index (χ0v) is 12.9. The molecule has 0 aromatic rings. The van der Waals surface area contributed by atoms with Crippen molar-refractivity contribution in [3.05, 3.63) is 0 Å². The molecule has 3 aliphatic rings. The first-order chi connectivity index (χ1) is 9.53. The van der Waals surface area contributed by atoms with Crippen LogP contribution in [0, 0.1) is 0 Å². The van der Waals surface area contributed by atoms with Crippen molar-refractivity contribution >= 4 is 15.8 Å². The molecule has 114 valence electrons. The first-order valence-electron chi connectivity index (χ1n) is 7.82. The summed E-state index contributed by atoms with van der Waals surface area (Å²) in [7, 11) is -2.84. The van der Waals surface area contributed by atoms with Crippen molar-refractivity contribution < 1.29 is 8.42 Å². The molecule has 0 unspecified atom stereocenters. The minimum Gasteiger partial charge on any atom is -0.370 e. The van der Waals surface area contributed by atoms with Gasteiger partial charge in [0.15, 0.2) is 15.8 Å². The largest absolute Gasteiger partial charge is 0.370 e. The molecule has 6 heteroatoms. The highest BCUT2D eigenvalue weighted by Crippen LogP contribution is 2.38. The first-order valence-corrected chi connectivity index (χ1v) is 9.64. The average molecular weight is 299 g/mol. The van der Waals surface area contributed by atoms with Crippen LogP contribution in [0.5, 0.6) is 0 Å². The van der Waals surface area contributed by atoms with E-state index in [1.807, 2.05) is 0 Å². The highest BCUT2D eigenvalue weighted by molar-refractivity contribution is 7.91. The average Bonchev–Trinajstić information content (AvgIpc) is 2.60. The van der Waals surface area contributed by atoms with Gasteiger partial charge >= 0.3 is 0 Å². The third-order valence-corrected chi connectivity index (χ3v) is 6.89. The predicted octanol–water partition coefficient (Wildman–Crippen LogP) is 1.29. The van der Waals surface area contributed by atoms with Gasteiger partial charge in [-0.1, -0.05) is 25.7 Å². The molecule has 2 fully saturated rings. The van der Waals surface area contributed by atoms with E-state index in [4.69, 9.17) is 5.73 Å². The van der Waals surface area contributed by atoms with E-state index >= 15 is 0 Å². The van der Waals surface area contributed by atoms with Gasteiger partial charge < -0.3 is 10.6 Å². The quantitative estimate of drug-likeness (QED) is 0.740. The molecule has 0 amide bonds. The Hall–Kier alpha value is -0.780. The zero-order chi connectivity index (χ0) is 14.2. The van der Waals surface area contributed by atoms with E-state index in [1.54, 1.807) is 0 Å². The topological polar surface area (TPSA) is 75.8 Å². The van der Waals surface area contributed by atoms with Crippen molar-refractivity contribution in [2.75, 3.05) is 18.1 Å². The van der Waals surface area contributed by atoms with Gasteiger partial charge in [-0.05, 0) is 25.7 Å². The molecule has 0 atom stereocenters. The van der Waals surface area contributed by atoms with Crippen molar-refractivity contribution in [3.63, 3.8) is 0 Å². The van der Waals surface area contributed by atoms with Gasteiger partial charge in [-0.15, -0.1) is 0 Å². The summed E-state index contributed by atoms with van der Waals surface area (Å²) >= 11 is 0. The summed E-state index contributed by atoms with van der Waals surface area (Å²) in [6.07, 6.45) is 8.85. The fourth-order valence-corrected chi connectivity index (χ4v) is 5.62. The Morgan fingerprint density at radius 2 is 1.70 bits per heavy atom. The summed E-state index contributed by atoms with van der Waals surface area (Å²) in [4.78, 5) is 6.79. The molecule has 1 saturated heterocycles. The summed E-state index contributed by atoms with van der Waals surface area (Å²) in [6, 6.07) is 0.463. The monoisotopic (exact) mass is 299 g/mol. The highest BCUT2D eigenvalue weighted by Gasteiger charge is 2.48. The van der Waals surface area contributed by atoms with Gasteiger partial charge in [0.25, 0.3) is 0 Å². The lowest BCUT2D eigenvalue weighted by molar-refractivity contribution is 0.123. The van der Waals surface area contributed by atoms with Crippen LogP contribution in [0.1, 0.15) is 51.4 Å². The molecular formula is C14H25N3O2S. The van der Waals surface area contributed by atoms with Crippen LogP contribution in [0.2, 0.25) is 0 Å². The van der Waals surface area contributed by atoms with E-state index < -0.39 is 9.84 Å². The number of hydrogen-bond acceptors (Lipinski definition) is 5. The van der Waals surface area contributed by atoms with E-state index in [0.29, 0.717) is 42.9 Å². The summed E-state index contributed by atoms with van der Waals surface area (Å²) in [5.74, 6) is 1.23. The van der Waals surface area contributed by atoms with Gasteiger partial charge in [-0.25, -0.2) is 8.42 Å². The van der Waals surface area contributed by atoms with Crippen molar-refractivity contribution in [2.45, 2.75) is 62.9 Å². The molecular weight excluding hydrogens is 274 g/mol. The van der Waals surface area contributed by atoms with E-state index in [-0.39, 0.29) is 5.54 Å². The van der Waals surface area contributed by atoms with Crippen molar-refractivity contribution in [1.29, 1.82) is 0 Å². The Kier molecular flexibility index (Phi) is 3.69. The highest BCUT2D eigenvalue weighted by atomic mass is 32.2. The summed E-state index contributed by atoms with van der Waals surface area (Å²) in [5.41, 5.74) is 6.05. The second-order valence-corrected chi connectivity index (χ2v) is 8.87. The number of nitrogens with two attached hydrogens (primary N) is 1. The van der Waals surface area contributed by atoms with E-state index in [9.17, 15) is 8.42 Å². The molecule has 2 N–H and O–H groups in total. The van der Waals surface area contributed by atoms with E-state index in [1.165, 1.54) is 38.5 Å². The SMILES string of the molecule is NC1=NCC2(CCS(=O)(=O)CC2)N1C1CCCCCC1. The van der Waals surface area contributed by atoms with E-state index in [0.717, 1.165) is 0 Å². The number of rotatable bonds is 1. The van der Waals surface area contributed by atoms with E-state index in [2.05, 4.69) is 9.89 Å². The number of nitrogens with zero attached hydrogens (tertiary/aromatic N) is 2. The van der Waals surface area contributed by atoms with Crippen LogP contribution in [0.15, 0.2) is 4.99 Å². The fourth-order valence-electron chi connectivity index (χ4n) is 4.03. The van der Waals surface area contributed by atoms with Crippen LogP contribution in [-0.4, -0.2) is 48.9 Å². The molecule has 1 spiro atoms. The summed E-state index contributed by atoms with van der Waals surface area (Å²) in [6.45, 7) is 0.685. The minimum absolute atomic E-state index is 0.107. The summed E-state index contributed by atoms with van der Waals surface area (Å²) in [5, 5.41) is 0. The Morgan fingerprint density at radius 3 is 2.30 bits per heavy atom. The lowest BCUT2D eigenvalue weighted by atomic mass is 9.88. The zero-order valence-electron chi connectivity index (χ0n) is 12.1. The second-order valence-electron chi connectivity index (χ2n) is 6.57. The number of aliphatic imine (C=N–C) groups is 1. The number of sulfone groups is 1. The van der Waals surface area contributed by atoms with Crippen LogP contribution < -0.4 is 5.73 Å². The predicted molar refractivity (Wildman–Crippen MR) is 80.4 cm³/mol. The second kappa shape index (κ2) is 5.20. The Morgan fingerprint density at radius 1 is 1.10 bits per heavy atom. The molecule has 20 heavy (non-hydrogen) atoms. The minimum atomic E-state index is -2.84. The molecule has 0 bridgehead atoms. The molecule has 1 aliphatic carbocycles.